The SMILES string of the molecule is O=C(NCCc1c[nH]c2cc(F)ccc12)c1cccc(S(=O)(=O)N2CCCCC2)c1. The minimum absolute atomic E-state index is 0.149. The van der Waals surface area contributed by atoms with Crippen molar-refractivity contribution in [2.24, 2.45) is 0 Å². The highest BCUT2D eigenvalue weighted by Gasteiger charge is 2.26. The number of H-pyrrole nitrogens is 1. The Morgan fingerprint density at radius 1 is 1.10 bits per heavy atom. The van der Waals surface area contributed by atoms with Gasteiger partial charge in [0, 0.05) is 42.3 Å². The third-order valence-corrected chi connectivity index (χ3v) is 7.35. The molecular weight excluding hydrogens is 405 g/mol. The second-order valence-electron chi connectivity index (χ2n) is 7.50. The van der Waals surface area contributed by atoms with E-state index in [1.54, 1.807) is 18.2 Å². The summed E-state index contributed by atoms with van der Waals surface area (Å²) in [4.78, 5) is 15.7. The number of sulfonamides is 1. The summed E-state index contributed by atoms with van der Waals surface area (Å²) in [7, 11) is -3.58. The highest BCUT2D eigenvalue weighted by atomic mass is 32.2. The fraction of sp³-hybridized carbons (Fsp3) is 0.318. The van der Waals surface area contributed by atoms with E-state index in [0.717, 1.165) is 30.2 Å². The molecule has 2 aromatic carbocycles. The zero-order valence-electron chi connectivity index (χ0n) is 16.5. The van der Waals surface area contributed by atoms with Crippen molar-refractivity contribution in [1.82, 2.24) is 14.6 Å². The molecule has 0 atom stereocenters. The van der Waals surface area contributed by atoms with Gasteiger partial charge in [0.25, 0.3) is 5.91 Å². The van der Waals surface area contributed by atoms with Gasteiger partial charge >= 0.3 is 0 Å². The summed E-state index contributed by atoms with van der Waals surface area (Å²) in [5.41, 5.74) is 2.01. The minimum atomic E-state index is -3.58. The van der Waals surface area contributed by atoms with Gasteiger partial charge in [-0.05, 0) is 61.2 Å². The first kappa shape index (κ1) is 20.6. The standard InChI is InChI=1S/C22H24FN3O3S/c23-18-7-8-20-17(15-25-21(20)14-18)9-10-24-22(27)16-5-4-6-19(13-16)30(28,29)26-11-2-1-3-12-26/h4-8,13-15,25H,1-3,9-12H2,(H,24,27). The van der Waals surface area contributed by atoms with Crippen molar-refractivity contribution in [2.45, 2.75) is 30.6 Å². The van der Waals surface area contributed by atoms with E-state index in [0.29, 0.717) is 37.1 Å². The van der Waals surface area contributed by atoms with Gasteiger partial charge in [0.1, 0.15) is 5.82 Å². The molecule has 0 saturated carbocycles. The maximum absolute atomic E-state index is 13.3. The largest absolute Gasteiger partial charge is 0.361 e. The summed E-state index contributed by atoms with van der Waals surface area (Å²) in [5, 5.41) is 3.75. The summed E-state index contributed by atoms with van der Waals surface area (Å²) in [6.45, 7) is 1.42. The molecule has 30 heavy (non-hydrogen) atoms. The maximum atomic E-state index is 13.3. The Kier molecular flexibility index (Phi) is 5.87. The van der Waals surface area contributed by atoms with Crippen LogP contribution in [0.4, 0.5) is 4.39 Å². The van der Waals surface area contributed by atoms with Crippen molar-refractivity contribution in [3.63, 3.8) is 0 Å². The van der Waals surface area contributed by atoms with Crippen molar-refractivity contribution < 1.29 is 17.6 Å². The predicted octanol–water partition coefficient (Wildman–Crippen LogP) is 3.45. The number of rotatable bonds is 6. The summed E-state index contributed by atoms with van der Waals surface area (Å²) in [5.74, 6) is -0.625. The molecule has 0 unspecified atom stereocenters. The molecule has 2 N–H and O–H groups in total. The Hall–Kier alpha value is -2.71. The molecule has 4 rings (SSSR count). The summed E-state index contributed by atoms with van der Waals surface area (Å²) >= 11 is 0. The number of nitrogens with one attached hydrogen (secondary N) is 2. The fourth-order valence-electron chi connectivity index (χ4n) is 3.83. The Morgan fingerprint density at radius 3 is 2.70 bits per heavy atom. The van der Waals surface area contributed by atoms with E-state index < -0.39 is 10.0 Å². The number of amides is 1. The molecule has 0 spiro atoms. The number of aromatic nitrogens is 1. The molecule has 1 saturated heterocycles. The molecule has 6 nitrogen and oxygen atoms in total. The van der Waals surface area contributed by atoms with Crippen molar-refractivity contribution in [3.8, 4) is 0 Å². The minimum Gasteiger partial charge on any atom is -0.361 e. The molecule has 1 amide bonds. The van der Waals surface area contributed by atoms with E-state index in [2.05, 4.69) is 10.3 Å². The van der Waals surface area contributed by atoms with Gasteiger partial charge in [0.05, 0.1) is 4.90 Å². The number of fused-ring (bicyclic) bond motifs is 1. The normalized spacial score (nSPS) is 15.4. The van der Waals surface area contributed by atoms with E-state index in [1.807, 2.05) is 6.20 Å². The quantitative estimate of drug-likeness (QED) is 0.630. The monoisotopic (exact) mass is 429 g/mol. The lowest BCUT2D eigenvalue weighted by atomic mass is 10.1. The van der Waals surface area contributed by atoms with Crippen LogP contribution in [0.25, 0.3) is 10.9 Å². The molecule has 1 aromatic heterocycles. The van der Waals surface area contributed by atoms with E-state index in [9.17, 15) is 17.6 Å². The highest BCUT2D eigenvalue weighted by molar-refractivity contribution is 7.89. The van der Waals surface area contributed by atoms with Gasteiger partial charge in [0.15, 0.2) is 0 Å². The Bertz CT molecular complexity index is 1170. The van der Waals surface area contributed by atoms with Crippen LogP contribution in [0.15, 0.2) is 53.6 Å². The highest BCUT2D eigenvalue weighted by Crippen LogP contribution is 2.22. The van der Waals surface area contributed by atoms with E-state index >= 15 is 0 Å². The summed E-state index contributed by atoms with van der Waals surface area (Å²) in [6.07, 6.45) is 5.14. The predicted molar refractivity (Wildman–Crippen MR) is 113 cm³/mol. The van der Waals surface area contributed by atoms with Gasteiger partial charge in [0.2, 0.25) is 10.0 Å². The summed E-state index contributed by atoms with van der Waals surface area (Å²) < 4.78 is 40.5. The number of nitrogens with zero attached hydrogens (tertiary/aromatic N) is 1. The molecule has 158 valence electrons. The molecule has 8 heteroatoms. The first-order valence-corrected chi connectivity index (χ1v) is 11.5. The lowest BCUT2D eigenvalue weighted by molar-refractivity contribution is 0.0954. The Balaban J connectivity index is 1.41. The van der Waals surface area contributed by atoms with Crippen molar-refractivity contribution in [3.05, 3.63) is 65.6 Å². The first-order valence-electron chi connectivity index (χ1n) is 10.1. The Labute approximate surface area is 175 Å². The molecule has 0 radical (unpaired) electrons. The molecular formula is C22H24FN3O3S. The van der Waals surface area contributed by atoms with Crippen LogP contribution in [-0.2, 0) is 16.4 Å². The van der Waals surface area contributed by atoms with E-state index in [1.165, 1.54) is 28.6 Å². The average Bonchev–Trinajstić information content (AvgIpc) is 3.16. The van der Waals surface area contributed by atoms with E-state index in [-0.39, 0.29) is 16.6 Å². The van der Waals surface area contributed by atoms with Crippen LogP contribution in [-0.4, -0.2) is 43.2 Å². The van der Waals surface area contributed by atoms with Crippen molar-refractivity contribution >= 4 is 26.8 Å². The first-order chi connectivity index (χ1) is 14.4. The van der Waals surface area contributed by atoms with Crippen molar-refractivity contribution in [2.75, 3.05) is 19.6 Å². The third-order valence-electron chi connectivity index (χ3n) is 5.46. The number of carbonyl (C=O) groups is 1. The van der Waals surface area contributed by atoms with Crippen LogP contribution in [0.2, 0.25) is 0 Å². The van der Waals surface area contributed by atoms with Crippen LogP contribution < -0.4 is 5.32 Å². The van der Waals surface area contributed by atoms with Crippen LogP contribution in [0.5, 0.6) is 0 Å². The molecule has 0 aliphatic carbocycles. The molecule has 1 aliphatic rings. The number of benzene rings is 2. The zero-order chi connectivity index (χ0) is 21.1. The smallest absolute Gasteiger partial charge is 0.251 e. The molecule has 1 aliphatic heterocycles. The molecule has 3 aromatic rings. The molecule has 0 bridgehead atoms. The topological polar surface area (TPSA) is 82.3 Å². The summed E-state index contributed by atoms with van der Waals surface area (Å²) in [6, 6.07) is 10.7. The number of hydrogen-bond acceptors (Lipinski definition) is 3. The van der Waals surface area contributed by atoms with Crippen molar-refractivity contribution in [1.29, 1.82) is 0 Å². The van der Waals surface area contributed by atoms with E-state index in [4.69, 9.17) is 0 Å². The van der Waals surface area contributed by atoms with Gasteiger partial charge in [-0.3, -0.25) is 4.79 Å². The number of hydrogen-bond donors (Lipinski definition) is 2. The van der Waals surface area contributed by atoms with Crippen LogP contribution in [0, 0.1) is 5.82 Å². The van der Waals surface area contributed by atoms with Gasteiger partial charge in [-0.15, -0.1) is 0 Å². The second kappa shape index (κ2) is 8.57. The van der Waals surface area contributed by atoms with Crippen LogP contribution in [0.1, 0.15) is 35.2 Å². The zero-order valence-corrected chi connectivity index (χ0v) is 17.3. The van der Waals surface area contributed by atoms with Gasteiger partial charge < -0.3 is 10.3 Å². The number of halogens is 1. The number of piperidine rings is 1. The Morgan fingerprint density at radius 2 is 1.90 bits per heavy atom. The lowest BCUT2D eigenvalue weighted by Crippen LogP contribution is -2.35. The molecule has 1 fully saturated rings. The number of carbonyl (C=O) groups excluding carboxylic acids is 1. The third kappa shape index (κ3) is 4.24. The van der Waals surface area contributed by atoms with Gasteiger partial charge in [-0.25, -0.2) is 12.8 Å². The van der Waals surface area contributed by atoms with Crippen LogP contribution >= 0.6 is 0 Å². The molecule has 2 heterocycles. The number of aromatic amines is 1. The second-order valence-corrected chi connectivity index (χ2v) is 9.44. The van der Waals surface area contributed by atoms with Gasteiger partial charge in [-0.1, -0.05) is 12.5 Å². The van der Waals surface area contributed by atoms with Crippen LogP contribution in [0.3, 0.4) is 0 Å². The fourth-order valence-corrected chi connectivity index (χ4v) is 5.39. The average molecular weight is 430 g/mol. The lowest BCUT2D eigenvalue weighted by Gasteiger charge is -2.26. The maximum Gasteiger partial charge on any atom is 0.251 e. The van der Waals surface area contributed by atoms with Gasteiger partial charge in [-0.2, -0.15) is 4.31 Å².